The van der Waals surface area contributed by atoms with E-state index in [0.717, 1.165) is 4.90 Å². The second-order valence-corrected chi connectivity index (χ2v) is 5.87. The van der Waals surface area contributed by atoms with Crippen molar-refractivity contribution in [2.45, 2.75) is 32.4 Å². The fourth-order valence-corrected chi connectivity index (χ4v) is 2.85. The molecule has 1 saturated heterocycles. The second-order valence-electron chi connectivity index (χ2n) is 5.87. The molecule has 2 N–H and O–H groups in total. The van der Waals surface area contributed by atoms with E-state index >= 15 is 0 Å². The minimum Gasteiger partial charge on any atom is -0.454 e. The third-order valence-corrected chi connectivity index (χ3v) is 4.29. The zero-order chi connectivity index (χ0) is 17.5. The number of likely N-dealkylation sites (N-methyl/N-ethyl adjacent to an activating group) is 1. The molecule has 128 valence electrons. The van der Waals surface area contributed by atoms with Crippen LogP contribution >= 0.6 is 0 Å². The molecule has 8 heteroatoms. The molecule has 8 nitrogen and oxygen atoms in total. The van der Waals surface area contributed by atoms with Gasteiger partial charge in [-0.05, 0) is 38.5 Å². The van der Waals surface area contributed by atoms with Crippen LogP contribution in [-0.2, 0) is 15.1 Å². The molecule has 2 heterocycles. The first-order chi connectivity index (χ1) is 11.4. The smallest absolute Gasteiger partial charge is 0.326 e. The Labute approximate surface area is 139 Å². The maximum absolute atomic E-state index is 12.9. The Bertz CT molecular complexity index is 720. The van der Waals surface area contributed by atoms with Crippen molar-refractivity contribution in [1.29, 1.82) is 0 Å². The highest BCUT2D eigenvalue weighted by Crippen LogP contribution is 2.38. The highest BCUT2D eigenvalue weighted by Gasteiger charge is 2.52. The molecule has 4 amide bonds. The maximum Gasteiger partial charge on any atom is 0.326 e. The van der Waals surface area contributed by atoms with Crippen molar-refractivity contribution in [3.8, 4) is 11.5 Å². The van der Waals surface area contributed by atoms with Gasteiger partial charge in [0.05, 0.1) is 0 Å². The van der Waals surface area contributed by atoms with E-state index in [1.807, 2.05) is 0 Å². The lowest BCUT2D eigenvalue weighted by atomic mass is 9.91. The maximum atomic E-state index is 12.9. The number of nitrogens with zero attached hydrogens (tertiary/aromatic N) is 1. The summed E-state index contributed by atoms with van der Waals surface area (Å²) >= 11 is 0. The standard InChI is InChI=1S/C16H19N3O5/c1-4-17-13(20)9(2)19-14(21)16(3,18-15(19)22)10-5-6-11-12(7-10)24-8-23-11/h5-7,9H,4,8H2,1-3H3,(H,17,20)(H,18,22)/t9-,16+/m1/s1. The summed E-state index contributed by atoms with van der Waals surface area (Å²) in [6, 6.07) is 3.57. The summed E-state index contributed by atoms with van der Waals surface area (Å²) in [6.07, 6.45) is 0. The minimum atomic E-state index is -1.27. The molecule has 0 spiro atoms. The normalized spacial score (nSPS) is 23.2. The van der Waals surface area contributed by atoms with Gasteiger partial charge < -0.3 is 20.1 Å². The van der Waals surface area contributed by atoms with Crippen LogP contribution in [0.25, 0.3) is 0 Å². The molecule has 0 unspecified atom stereocenters. The molecule has 2 atom stereocenters. The molecule has 24 heavy (non-hydrogen) atoms. The Hall–Kier alpha value is -2.77. The monoisotopic (exact) mass is 333 g/mol. The highest BCUT2D eigenvalue weighted by molar-refractivity contribution is 6.10. The zero-order valence-electron chi connectivity index (χ0n) is 13.7. The Morgan fingerprint density at radius 2 is 2.08 bits per heavy atom. The molecule has 0 radical (unpaired) electrons. The lowest BCUT2D eigenvalue weighted by Gasteiger charge is -2.24. The summed E-state index contributed by atoms with van der Waals surface area (Å²) in [5.41, 5.74) is -0.700. The molecule has 1 aromatic rings. The van der Waals surface area contributed by atoms with Gasteiger partial charge in [-0.25, -0.2) is 9.69 Å². The predicted molar refractivity (Wildman–Crippen MR) is 83.4 cm³/mol. The third kappa shape index (κ3) is 2.34. The van der Waals surface area contributed by atoms with Crippen molar-refractivity contribution in [3.63, 3.8) is 0 Å². The second kappa shape index (κ2) is 5.70. The number of carbonyl (C=O) groups excluding carboxylic acids is 3. The predicted octanol–water partition coefficient (Wildman–Crippen LogP) is 0.707. The lowest BCUT2D eigenvalue weighted by molar-refractivity contribution is -0.137. The van der Waals surface area contributed by atoms with Crippen LogP contribution in [0.5, 0.6) is 11.5 Å². The number of ether oxygens (including phenoxy) is 2. The van der Waals surface area contributed by atoms with Crippen LogP contribution in [0, 0.1) is 0 Å². The highest BCUT2D eigenvalue weighted by atomic mass is 16.7. The van der Waals surface area contributed by atoms with Gasteiger partial charge in [-0.1, -0.05) is 6.07 Å². The Balaban J connectivity index is 1.91. The largest absolute Gasteiger partial charge is 0.454 e. The van der Waals surface area contributed by atoms with Crippen molar-refractivity contribution in [2.75, 3.05) is 13.3 Å². The Kier molecular flexibility index (Phi) is 3.82. The molecule has 2 aliphatic rings. The van der Waals surface area contributed by atoms with Gasteiger partial charge in [0.15, 0.2) is 11.5 Å². The zero-order valence-corrected chi connectivity index (χ0v) is 13.7. The van der Waals surface area contributed by atoms with E-state index in [-0.39, 0.29) is 12.7 Å². The van der Waals surface area contributed by atoms with Crippen LogP contribution in [0.1, 0.15) is 26.3 Å². The van der Waals surface area contributed by atoms with Gasteiger partial charge in [0.1, 0.15) is 11.6 Å². The lowest BCUT2D eigenvalue weighted by Crippen LogP contribution is -2.49. The number of urea groups is 1. The van der Waals surface area contributed by atoms with Crippen molar-refractivity contribution >= 4 is 17.8 Å². The molecule has 0 aliphatic carbocycles. The fourth-order valence-electron chi connectivity index (χ4n) is 2.85. The van der Waals surface area contributed by atoms with E-state index in [4.69, 9.17) is 9.47 Å². The van der Waals surface area contributed by atoms with Gasteiger partial charge >= 0.3 is 6.03 Å². The van der Waals surface area contributed by atoms with Gasteiger partial charge in [0.25, 0.3) is 5.91 Å². The summed E-state index contributed by atoms with van der Waals surface area (Å²) < 4.78 is 10.6. The number of nitrogens with one attached hydrogen (secondary N) is 2. The van der Waals surface area contributed by atoms with E-state index in [1.54, 1.807) is 32.0 Å². The van der Waals surface area contributed by atoms with Crippen LogP contribution in [0.3, 0.4) is 0 Å². The first-order valence-electron chi connectivity index (χ1n) is 7.72. The van der Waals surface area contributed by atoms with E-state index in [2.05, 4.69) is 10.6 Å². The number of hydrogen-bond acceptors (Lipinski definition) is 5. The first kappa shape index (κ1) is 16.1. The summed E-state index contributed by atoms with van der Waals surface area (Å²) in [6.45, 7) is 5.44. The van der Waals surface area contributed by atoms with E-state index < -0.39 is 23.5 Å². The summed E-state index contributed by atoms with van der Waals surface area (Å²) in [4.78, 5) is 38.1. The number of carbonyl (C=O) groups is 3. The van der Waals surface area contributed by atoms with Crippen molar-refractivity contribution < 1.29 is 23.9 Å². The van der Waals surface area contributed by atoms with Gasteiger partial charge in [-0.15, -0.1) is 0 Å². The van der Waals surface area contributed by atoms with Gasteiger partial charge in [-0.3, -0.25) is 9.59 Å². The molecule has 2 aliphatic heterocycles. The van der Waals surface area contributed by atoms with E-state index in [1.165, 1.54) is 6.92 Å². The molecule has 1 aromatic carbocycles. The number of fused-ring (bicyclic) bond motifs is 1. The quantitative estimate of drug-likeness (QED) is 0.791. The van der Waals surface area contributed by atoms with Crippen molar-refractivity contribution in [2.24, 2.45) is 0 Å². The fraction of sp³-hybridized carbons (Fsp3) is 0.438. The third-order valence-electron chi connectivity index (χ3n) is 4.29. The molecule has 0 bridgehead atoms. The van der Waals surface area contributed by atoms with Crippen molar-refractivity contribution in [3.05, 3.63) is 23.8 Å². The average molecular weight is 333 g/mol. The van der Waals surface area contributed by atoms with Crippen LogP contribution in [-0.4, -0.2) is 42.1 Å². The Morgan fingerprint density at radius 3 is 2.79 bits per heavy atom. The van der Waals surface area contributed by atoms with E-state index in [9.17, 15) is 14.4 Å². The Morgan fingerprint density at radius 1 is 1.38 bits per heavy atom. The summed E-state index contributed by atoms with van der Waals surface area (Å²) in [7, 11) is 0. The SMILES string of the molecule is CCNC(=O)[C@@H](C)N1C(=O)N[C@@](C)(c2ccc3c(c2)OCO3)C1=O. The topological polar surface area (TPSA) is 97.0 Å². The number of rotatable bonds is 4. The van der Waals surface area contributed by atoms with Gasteiger partial charge in [0, 0.05) is 6.54 Å². The molecule has 0 aromatic heterocycles. The van der Waals surface area contributed by atoms with Crippen LogP contribution in [0.2, 0.25) is 0 Å². The molecular formula is C16H19N3O5. The van der Waals surface area contributed by atoms with Crippen LogP contribution in [0.15, 0.2) is 18.2 Å². The molecular weight excluding hydrogens is 314 g/mol. The summed E-state index contributed by atoms with van der Waals surface area (Å²) in [5.74, 6) is 0.249. The number of imide groups is 1. The molecule has 1 fully saturated rings. The molecule has 0 saturated carbocycles. The summed E-state index contributed by atoms with van der Waals surface area (Å²) in [5, 5.41) is 5.29. The van der Waals surface area contributed by atoms with Gasteiger partial charge in [-0.2, -0.15) is 0 Å². The molecule has 3 rings (SSSR count). The van der Waals surface area contributed by atoms with E-state index in [0.29, 0.717) is 23.6 Å². The van der Waals surface area contributed by atoms with Crippen LogP contribution in [0.4, 0.5) is 4.79 Å². The number of benzene rings is 1. The number of amides is 4. The van der Waals surface area contributed by atoms with Crippen molar-refractivity contribution in [1.82, 2.24) is 15.5 Å². The number of hydrogen-bond donors (Lipinski definition) is 2. The van der Waals surface area contributed by atoms with Gasteiger partial charge in [0.2, 0.25) is 12.7 Å². The van der Waals surface area contributed by atoms with Crippen LogP contribution < -0.4 is 20.1 Å². The average Bonchev–Trinajstić information content (AvgIpc) is 3.10. The first-order valence-corrected chi connectivity index (χ1v) is 7.72. The minimum absolute atomic E-state index is 0.121.